The molecule has 0 aliphatic carbocycles. The van der Waals surface area contributed by atoms with E-state index in [1.54, 1.807) is 11.8 Å². The molecule has 2 aromatic rings. The van der Waals surface area contributed by atoms with Crippen LogP contribution in [0.1, 0.15) is 22.9 Å². The van der Waals surface area contributed by atoms with Crippen molar-refractivity contribution in [3.63, 3.8) is 0 Å². The lowest BCUT2D eigenvalue weighted by atomic mass is 10.0. The average Bonchev–Trinajstić information content (AvgIpc) is 2.85. The van der Waals surface area contributed by atoms with Crippen molar-refractivity contribution in [2.75, 3.05) is 20.4 Å². The van der Waals surface area contributed by atoms with Gasteiger partial charge in [0.1, 0.15) is 6.04 Å². The molecule has 0 aliphatic heterocycles. The fourth-order valence-electron chi connectivity index (χ4n) is 2.58. The number of thioether (sulfide) groups is 1. The highest BCUT2D eigenvalue weighted by molar-refractivity contribution is 7.98. The van der Waals surface area contributed by atoms with Crippen LogP contribution >= 0.6 is 11.8 Å². The van der Waals surface area contributed by atoms with Gasteiger partial charge in [-0.2, -0.15) is 0 Å². The molecular weight excluding hydrogens is 308 g/mol. The number of hydrogen-bond donors (Lipinski definition) is 1. The smallest absolute Gasteiger partial charge is 0.242 e. The van der Waals surface area contributed by atoms with Crippen LogP contribution in [0.3, 0.4) is 0 Å². The van der Waals surface area contributed by atoms with Crippen LogP contribution in [0, 0.1) is 6.92 Å². The van der Waals surface area contributed by atoms with E-state index in [-0.39, 0.29) is 11.9 Å². The average molecular weight is 332 g/mol. The number of amides is 1. The minimum absolute atomic E-state index is 0.00694. The van der Waals surface area contributed by atoms with Crippen LogP contribution in [0.5, 0.6) is 0 Å². The SMILES string of the molecule is CSc1ncc(CNC(=O)C(c2cccc(C)c2)N(C)C)n1C. The summed E-state index contributed by atoms with van der Waals surface area (Å²) in [5, 5.41) is 3.97. The van der Waals surface area contributed by atoms with Gasteiger partial charge in [-0.3, -0.25) is 9.69 Å². The monoisotopic (exact) mass is 332 g/mol. The molecule has 1 amide bonds. The third kappa shape index (κ3) is 4.14. The molecule has 1 heterocycles. The number of likely N-dealkylation sites (N-methyl/N-ethyl adjacent to an activating group) is 1. The van der Waals surface area contributed by atoms with Gasteiger partial charge in [-0.05, 0) is 32.8 Å². The van der Waals surface area contributed by atoms with Crippen LogP contribution in [0.2, 0.25) is 0 Å². The minimum Gasteiger partial charge on any atom is -0.349 e. The molecule has 0 saturated heterocycles. The second-order valence-electron chi connectivity index (χ2n) is 5.79. The van der Waals surface area contributed by atoms with E-state index in [0.29, 0.717) is 6.54 Å². The highest BCUT2D eigenvalue weighted by atomic mass is 32.2. The summed E-state index contributed by atoms with van der Waals surface area (Å²) >= 11 is 1.59. The Labute approximate surface area is 142 Å². The molecule has 1 N–H and O–H groups in total. The normalized spacial score (nSPS) is 12.4. The predicted octanol–water partition coefficient (Wildman–Crippen LogP) is 2.37. The Morgan fingerprint density at radius 3 is 2.74 bits per heavy atom. The van der Waals surface area contributed by atoms with Crippen LogP contribution in [-0.4, -0.2) is 40.7 Å². The summed E-state index contributed by atoms with van der Waals surface area (Å²) < 4.78 is 2.00. The fourth-order valence-corrected chi connectivity index (χ4v) is 3.13. The van der Waals surface area contributed by atoms with Gasteiger partial charge in [0.05, 0.1) is 18.4 Å². The largest absolute Gasteiger partial charge is 0.349 e. The van der Waals surface area contributed by atoms with E-state index in [0.717, 1.165) is 22.0 Å². The Kier molecular flexibility index (Phi) is 5.85. The van der Waals surface area contributed by atoms with Crippen LogP contribution in [0.15, 0.2) is 35.6 Å². The number of carbonyl (C=O) groups excluding carboxylic acids is 1. The van der Waals surface area contributed by atoms with E-state index in [9.17, 15) is 4.79 Å². The zero-order chi connectivity index (χ0) is 17.0. The highest BCUT2D eigenvalue weighted by Crippen LogP contribution is 2.20. The number of carbonyl (C=O) groups is 1. The molecule has 5 nitrogen and oxygen atoms in total. The second kappa shape index (κ2) is 7.66. The van der Waals surface area contributed by atoms with Crippen molar-refractivity contribution in [3.05, 3.63) is 47.3 Å². The van der Waals surface area contributed by atoms with E-state index < -0.39 is 0 Å². The van der Waals surface area contributed by atoms with Crippen molar-refractivity contribution in [2.24, 2.45) is 7.05 Å². The van der Waals surface area contributed by atoms with Crippen molar-refractivity contribution in [2.45, 2.75) is 24.7 Å². The third-order valence-corrected chi connectivity index (χ3v) is 4.54. The molecule has 0 spiro atoms. The van der Waals surface area contributed by atoms with Gasteiger partial charge in [0.2, 0.25) is 5.91 Å². The first-order chi connectivity index (χ1) is 10.9. The predicted molar refractivity (Wildman–Crippen MR) is 94.4 cm³/mol. The minimum atomic E-state index is -0.303. The molecule has 23 heavy (non-hydrogen) atoms. The van der Waals surface area contributed by atoms with Crippen molar-refractivity contribution in [1.29, 1.82) is 0 Å². The van der Waals surface area contributed by atoms with E-state index >= 15 is 0 Å². The van der Waals surface area contributed by atoms with Gasteiger partial charge in [-0.15, -0.1) is 0 Å². The first kappa shape index (κ1) is 17.6. The molecule has 1 unspecified atom stereocenters. The quantitative estimate of drug-likeness (QED) is 0.825. The van der Waals surface area contributed by atoms with Gasteiger partial charge in [-0.25, -0.2) is 4.98 Å². The molecule has 6 heteroatoms. The van der Waals surface area contributed by atoms with Gasteiger partial charge >= 0.3 is 0 Å². The molecule has 0 aliphatic rings. The fraction of sp³-hybridized carbons (Fsp3) is 0.412. The Morgan fingerprint density at radius 2 is 2.17 bits per heavy atom. The number of nitrogens with zero attached hydrogens (tertiary/aromatic N) is 3. The first-order valence-electron chi connectivity index (χ1n) is 7.49. The maximum atomic E-state index is 12.7. The number of aryl methyl sites for hydroxylation is 1. The zero-order valence-corrected chi connectivity index (χ0v) is 15.1. The maximum Gasteiger partial charge on any atom is 0.242 e. The Balaban J connectivity index is 2.11. The lowest BCUT2D eigenvalue weighted by molar-refractivity contribution is -0.126. The number of aromatic nitrogens is 2. The van der Waals surface area contributed by atoms with Crippen molar-refractivity contribution in [3.8, 4) is 0 Å². The molecule has 0 bridgehead atoms. The van der Waals surface area contributed by atoms with E-state index in [2.05, 4.69) is 16.4 Å². The van der Waals surface area contributed by atoms with Crippen LogP contribution in [0.25, 0.3) is 0 Å². The van der Waals surface area contributed by atoms with Gasteiger partial charge in [0, 0.05) is 7.05 Å². The van der Waals surface area contributed by atoms with E-state index in [1.165, 1.54) is 0 Å². The van der Waals surface area contributed by atoms with Gasteiger partial charge in [0.15, 0.2) is 5.16 Å². The summed E-state index contributed by atoms with van der Waals surface area (Å²) in [4.78, 5) is 18.9. The number of imidazole rings is 1. The van der Waals surface area contributed by atoms with Gasteiger partial charge < -0.3 is 9.88 Å². The Morgan fingerprint density at radius 1 is 1.43 bits per heavy atom. The van der Waals surface area contributed by atoms with Gasteiger partial charge in [-0.1, -0.05) is 41.6 Å². The van der Waals surface area contributed by atoms with Crippen molar-refractivity contribution >= 4 is 17.7 Å². The zero-order valence-electron chi connectivity index (χ0n) is 14.3. The lowest BCUT2D eigenvalue weighted by Gasteiger charge is -2.24. The summed E-state index contributed by atoms with van der Waals surface area (Å²) in [5.74, 6) is -0.00694. The first-order valence-corrected chi connectivity index (χ1v) is 8.71. The molecule has 1 aromatic heterocycles. The highest BCUT2D eigenvalue weighted by Gasteiger charge is 2.23. The molecule has 0 fully saturated rings. The summed E-state index contributed by atoms with van der Waals surface area (Å²) in [6.07, 6.45) is 3.80. The van der Waals surface area contributed by atoms with Crippen LogP contribution in [-0.2, 0) is 18.4 Å². The Hall–Kier alpha value is -1.79. The van der Waals surface area contributed by atoms with Crippen LogP contribution in [0.4, 0.5) is 0 Å². The molecule has 2 rings (SSSR count). The lowest BCUT2D eigenvalue weighted by Crippen LogP contribution is -2.37. The molecule has 0 saturated carbocycles. The summed E-state index contributed by atoms with van der Waals surface area (Å²) in [6, 6.07) is 7.77. The number of rotatable bonds is 6. The summed E-state index contributed by atoms with van der Waals surface area (Å²) in [5.41, 5.74) is 3.14. The molecule has 0 radical (unpaired) electrons. The number of nitrogens with one attached hydrogen (secondary N) is 1. The Bertz CT molecular complexity index is 681. The molecule has 124 valence electrons. The third-order valence-electron chi connectivity index (χ3n) is 3.79. The second-order valence-corrected chi connectivity index (χ2v) is 6.57. The summed E-state index contributed by atoms with van der Waals surface area (Å²) in [7, 11) is 5.80. The molecule has 1 aromatic carbocycles. The van der Waals surface area contributed by atoms with E-state index in [1.807, 2.05) is 68.2 Å². The van der Waals surface area contributed by atoms with Crippen molar-refractivity contribution in [1.82, 2.24) is 19.8 Å². The number of benzene rings is 1. The molecule has 1 atom stereocenters. The van der Waals surface area contributed by atoms with E-state index in [4.69, 9.17) is 0 Å². The maximum absolute atomic E-state index is 12.7. The summed E-state index contributed by atoms with van der Waals surface area (Å²) in [6.45, 7) is 2.51. The van der Waals surface area contributed by atoms with Crippen molar-refractivity contribution < 1.29 is 4.79 Å². The topological polar surface area (TPSA) is 50.2 Å². The number of hydrogen-bond acceptors (Lipinski definition) is 4. The van der Waals surface area contributed by atoms with Gasteiger partial charge in [0.25, 0.3) is 0 Å². The standard InChI is InChI=1S/C17H24N4OS/c1-12-7-6-8-13(9-12)15(20(2)3)16(22)18-10-14-11-19-17(23-5)21(14)4/h6-9,11,15H,10H2,1-5H3,(H,18,22). The molecular formula is C17H24N4OS. The van der Waals surface area contributed by atoms with Crippen LogP contribution < -0.4 is 5.32 Å².